The van der Waals surface area contributed by atoms with E-state index in [0.717, 1.165) is 12.1 Å². The van der Waals surface area contributed by atoms with Crippen LogP contribution in [-0.2, 0) is 17.7 Å². The molecule has 156 valence electrons. The van der Waals surface area contributed by atoms with E-state index < -0.39 is 17.6 Å². The van der Waals surface area contributed by atoms with E-state index in [1.807, 2.05) is 0 Å². The summed E-state index contributed by atoms with van der Waals surface area (Å²) < 4.78 is 44.8. The lowest BCUT2D eigenvalue weighted by atomic mass is 10.2. The van der Waals surface area contributed by atoms with Crippen LogP contribution < -0.4 is 15.4 Å². The van der Waals surface area contributed by atoms with Crippen molar-refractivity contribution in [2.24, 2.45) is 0 Å². The van der Waals surface area contributed by atoms with Crippen molar-refractivity contribution >= 4 is 23.2 Å². The highest BCUT2D eigenvalue weighted by molar-refractivity contribution is 6.03. The van der Waals surface area contributed by atoms with E-state index in [4.69, 9.17) is 4.74 Å². The lowest BCUT2D eigenvalue weighted by Gasteiger charge is -2.10. The fourth-order valence-corrected chi connectivity index (χ4v) is 2.49. The Morgan fingerprint density at radius 2 is 1.70 bits per heavy atom. The van der Waals surface area contributed by atoms with E-state index in [1.54, 1.807) is 24.3 Å². The first-order valence-electron chi connectivity index (χ1n) is 8.73. The minimum Gasteiger partial charge on any atom is -0.471 e. The molecule has 0 aliphatic heterocycles. The molecule has 0 atom stereocenters. The maximum Gasteiger partial charge on any atom is 0.416 e. The number of carbonyl (C=O) groups excluding carboxylic acids is 2. The Morgan fingerprint density at radius 3 is 2.33 bits per heavy atom. The number of amides is 2. The molecule has 1 heterocycles. The average molecular weight is 418 g/mol. The summed E-state index contributed by atoms with van der Waals surface area (Å²) >= 11 is 0. The topological polar surface area (TPSA) is 85.2 Å². The standard InChI is InChI=1S/C20H17F3N4O3/c1-13(28)24-15-5-7-16(8-6-15)25-19(29)18-9-10-27(26-18)12-30-17-4-2-3-14(11-17)20(21,22)23/h2-11H,12H2,1H3,(H,24,28)(H,25,29). The highest BCUT2D eigenvalue weighted by Gasteiger charge is 2.30. The first-order chi connectivity index (χ1) is 14.2. The predicted molar refractivity (Wildman–Crippen MR) is 103 cm³/mol. The number of hydrogen-bond donors (Lipinski definition) is 2. The van der Waals surface area contributed by atoms with Gasteiger partial charge in [-0.25, -0.2) is 4.68 Å². The third-order valence-corrected chi connectivity index (χ3v) is 3.86. The monoisotopic (exact) mass is 418 g/mol. The highest BCUT2D eigenvalue weighted by Crippen LogP contribution is 2.31. The molecule has 0 unspecified atom stereocenters. The molecule has 10 heteroatoms. The molecule has 7 nitrogen and oxygen atoms in total. The van der Waals surface area contributed by atoms with Crippen molar-refractivity contribution in [1.82, 2.24) is 9.78 Å². The van der Waals surface area contributed by atoms with Gasteiger partial charge >= 0.3 is 6.18 Å². The summed E-state index contributed by atoms with van der Waals surface area (Å²) in [4.78, 5) is 23.3. The minimum atomic E-state index is -4.46. The number of benzene rings is 2. The van der Waals surface area contributed by atoms with Gasteiger partial charge in [0.25, 0.3) is 5.91 Å². The largest absolute Gasteiger partial charge is 0.471 e. The van der Waals surface area contributed by atoms with E-state index in [-0.39, 0.29) is 24.1 Å². The van der Waals surface area contributed by atoms with Gasteiger partial charge in [-0.05, 0) is 48.5 Å². The average Bonchev–Trinajstić information content (AvgIpc) is 3.16. The molecule has 2 amide bonds. The van der Waals surface area contributed by atoms with Crippen LogP contribution in [-0.4, -0.2) is 21.6 Å². The fourth-order valence-electron chi connectivity index (χ4n) is 2.49. The molecule has 0 aliphatic rings. The Hall–Kier alpha value is -3.82. The van der Waals surface area contributed by atoms with Gasteiger partial charge in [-0.3, -0.25) is 9.59 Å². The van der Waals surface area contributed by atoms with Crippen LogP contribution in [0.25, 0.3) is 0 Å². The number of alkyl halides is 3. The number of rotatable bonds is 6. The van der Waals surface area contributed by atoms with Crippen LogP contribution in [0.2, 0.25) is 0 Å². The molecule has 1 aromatic heterocycles. The van der Waals surface area contributed by atoms with E-state index in [1.165, 1.54) is 36.0 Å². The zero-order chi connectivity index (χ0) is 21.7. The van der Waals surface area contributed by atoms with Gasteiger partial charge in [0.05, 0.1) is 5.56 Å². The summed E-state index contributed by atoms with van der Waals surface area (Å²) in [6.45, 7) is 1.22. The molecule has 2 N–H and O–H groups in total. The maximum absolute atomic E-state index is 12.7. The number of ether oxygens (including phenoxy) is 1. The van der Waals surface area contributed by atoms with Gasteiger partial charge in [0.2, 0.25) is 5.91 Å². The number of nitrogens with one attached hydrogen (secondary N) is 2. The molecule has 0 radical (unpaired) electrons. The first-order valence-corrected chi connectivity index (χ1v) is 8.73. The second kappa shape index (κ2) is 8.68. The van der Waals surface area contributed by atoms with Crippen LogP contribution in [0.3, 0.4) is 0 Å². The highest BCUT2D eigenvalue weighted by atomic mass is 19.4. The first kappa shape index (κ1) is 20.9. The van der Waals surface area contributed by atoms with Crippen molar-refractivity contribution < 1.29 is 27.5 Å². The van der Waals surface area contributed by atoms with E-state index in [0.29, 0.717) is 11.4 Å². The number of aromatic nitrogens is 2. The minimum absolute atomic E-state index is 0.0330. The van der Waals surface area contributed by atoms with Crippen LogP contribution in [0.15, 0.2) is 60.8 Å². The number of carbonyl (C=O) groups is 2. The predicted octanol–water partition coefficient (Wildman–Crippen LogP) is 4.15. The third-order valence-electron chi connectivity index (χ3n) is 3.86. The molecule has 0 fully saturated rings. The lowest BCUT2D eigenvalue weighted by Crippen LogP contribution is -2.14. The molecular formula is C20H17F3N4O3. The van der Waals surface area contributed by atoms with E-state index >= 15 is 0 Å². The Balaban J connectivity index is 1.58. The Morgan fingerprint density at radius 1 is 1.03 bits per heavy atom. The molecule has 30 heavy (non-hydrogen) atoms. The van der Waals surface area contributed by atoms with Gasteiger partial charge in [0.1, 0.15) is 5.75 Å². The molecule has 3 rings (SSSR count). The van der Waals surface area contributed by atoms with Crippen molar-refractivity contribution in [1.29, 1.82) is 0 Å². The zero-order valence-corrected chi connectivity index (χ0v) is 15.7. The molecule has 0 saturated heterocycles. The number of anilines is 2. The molecule has 0 bridgehead atoms. The summed E-state index contributed by atoms with van der Waals surface area (Å²) in [7, 11) is 0. The summed E-state index contributed by atoms with van der Waals surface area (Å²) in [5.41, 5.74) is 0.388. The van der Waals surface area contributed by atoms with Crippen LogP contribution in [0.4, 0.5) is 24.5 Å². The van der Waals surface area contributed by atoms with Gasteiger partial charge in [0, 0.05) is 24.5 Å². The van der Waals surface area contributed by atoms with Gasteiger partial charge < -0.3 is 15.4 Å². The second-order valence-corrected chi connectivity index (χ2v) is 6.25. The molecule has 2 aromatic carbocycles. The van der Waals surface area contributed by atoms with Gasteiger partial charge in [-0.15, -0.1) is 0 Å². The quantitative estimate of drug-likeness (QED) is 0.630. The van der Waals surface area contributed by atoms with Crippen LogP contribution in [0, 0.1) is 0 Å². The summed E-state index contributed by atoms with van der Waals surface area (Å²) in [6.07, 6.45) is -2.99. The fraction of sp³-hybridized carbons (Fsp3) is 0.150. The second-order valence-electron chi connectivity index (χ2n) is 6.25. The lowest BCUT2D eigenvalue weighted by molar-refractivity contribution is -0.137. The molecule has 0 saturated carbocycles. The smallest absolute Gasteiger partial charge is 0.416 e. The van der Waals surface area contributed by atoms with Gasteiger partial charge in [-0.2, -0.15) is 18.3 Å². The summed E-state index contributed by atoms with van der Waals surface area (Å²) in [5, 5.41) is 9.32. The number of halogens is 3. The van der Waals surface area contributed by atoms with Gasteiger partial charge in [0.15, 0.2) is 12.4 Å². The van der Waals surface area contributed by atoms with Crippen molar-refractivity contribution in [2.75, 3.05) is 10.6 Å². The number of hydrogen-bond acceptors (Lipinski definition) is 4. The maximum atomic E-state index is 12.7. The van der Waals surface area contributed by atoms with Crippen molar-refractivity contribution in [2.45, 2.75) is 19.8 Å². The van der Waals surface area contributed by atoms with Crippen LogP contribution in [0.1, 0.15) is 23.0 Å². The Labute approximate surface area is 169 Å². The van der Waals surface area contributed by atoms with Crippen molar-refractivity contribution in [3.8, 4) is 5.75 Å². The van der Waals surface area contributed by atoms with E-state index in [2.05, 4.69) is 15.7 Å². The van der Waals surface area contributed by atoms with Crippen molar-refractivity contribution in [3.63, 3.8) is 0 Å². The zero-order valence-electron chi connectivity index (χ0n) is 15.7. The van der Waals surface area contributed by atoms with Crippen molar-refractivity contribution in [3.05, 3.63) is 72.1 Å². The molecule has 3 aromatic rings. The number of nitrogens with zero attached hydrogens (tertiary/aromatic N) is 2. The van der Waals surface area contributed by atoms with E-state index in [9.17, 15) is 22.8 Å². The van der Waals surface area contributed by atoms with Crippen LogP contribution in [0.5, 0.6) is 5.75 Å². The SMILES string of the molecule is CC(=O)Nc1ccc(NC(=O)c2ccn(COc3cccc(C(F)(F)F)c3)n2)cc1. The third kappa shape index (κ3) is 5.60. The van der Waals surface area contributed by atoms with Gasteiger partial charge in [-0.1, -0.05) is 6.07 Å². The Kier molecular flexibility index (Phi) is 6.05. The molecule has 0 spiro atoms. The molecular weight excluding hydrogens is 401 g/mol. The Bertz CT molecular complexity index is 1050. The summed E-state index contributed by atoms with van der Waals surface area (Å²) in [5.74, 6) is -0.643. The summed E-state index contributed by atoms with van der Waals surface area (Å²) in [6, 6.07) is 12.5. The molecule has 0 aliphatic carbocycles. The van der Waals surface area contributed by atoms with Crippen LogP contribution >= 0.6 is 0 Å². The normalized spacial score (nSPS) is 11.1.